The van der Waals surface area contributed by atoms with E-state index < -0.39 is 12.0 Å². The average molecular weight is 598 g/mol. The summed E-state index contributed by atoms with van der Waals surface area (Å²) in [6, 6.07) is 4.10. The van der Waals surface area contributed by atoms with E-state index in [2.05, 4.69) is 25.8 Å². The number of ether oxygens (including phenoxy) is 1. The Morgan fingerprint density at radius 2 is 1.86 bits per heavy atom. The van der Waals surface area contributed by atoms with E-state index in [0.717, 1.165) is 37.1 Å². The van der Waals surface area contributed by atoms with Crippen molar-refractivity contribution in [2.75, 3.05) is 23.9 Å². The number of nitrogens with zero attached hydrogens (tertiary/aromatic N) is 5. The van der Waals surface area contributed by atoms with Gasteiger partial charge in [-0.2, -0.15) is 26.3 Å². The third-order valence-electron chi connectivity index (χ3n) is 8.07. The molecular formula is C30H40FN7O3S. The number of halogens is 1. The zero-order chi connectivity index (χ0) is 30.0. The Morgan fingerprint density at radius 1 is 1.14 bits per heavy atom. The molecule has 0 saturated heterocycles. The first kappa shape index (κ1) is 30.2. The lowest BCUT2D eigenvalue weighted by molar-refractivity contribution is -0.119. The van der Waals surface area contributed by atoms with Crippen LogP contribution in [0.25, 0.3) is 11.1 Å². The molecule has 2 amide bonds. The van der Waals surface area contributed by atoms with Crippen molar-refractivity contribution in [3.8, 4) is 11.1 Å². The van der Waals surface area contributed by atoms with Crippen molar-refractivity contribution >= 4 is 29.4 Å². The first-order valence-corrected chi connectivity index (χ1v) is 16.0. The van der Waals surface area contributed by atoms with E-state index in [-0.39, 0.29) is 36.3 Å². The highest BCUT2D eigenvalue weighted by atomic mass is 32.2. The van der Waals surface area contributed by atoms with Crippen molar-refractivity contribution in [1.29, 1.82) is 0 Å². The lowest BCUT2D eigenvalue weighted by Crippen LogP contribution is -2.50. The molecule has 2 aliphatic rings. The maximum Gasteiger partial charge on any atom is 0.270 e. The molecule has 0 unspecified atom stereocenters. The van der Waals surface area contributed by atoms with Crippen LogP contribution in [0.15, 0.2) is 24.4 Å². The number of aryl methyl sites for hydroxylation is 1. The third-order valence-corrected chi connectivity index (χ3v) is 8.65. The van der Waals surface area contributed by atoms with Gasteiger partial charge in [0.2, 0.25) is 11.9 Å². The molecule has 42 heavy (non-hydrogen) atoms. The topological polar surface area (TPSA) is 116 Å². The highest BCUT2D eigenvalue weighted by Gasteiger charge is 2.48. The van der Waals surface area contributed by atoms with Crippen LogP contribution >= 0.6 is 11.8 Å². The maximum atomic E-state index is 15.4. The molecule has 0 aromatic carbocycles. The fourth-order valence-electron chi connectivity index (χ4n) is 5.75. The second-order valence-corrected chi connectivity index (χ2v) is 12.5. The second-order valence-electron chi connectivity index (χ2n) is 11.6. The molecule has 0 spiro atoms. The van der Waals surface area contributed by atoms with Crippen LogP contribution in [-0.2, 0) is 16.3 Å². The number of amides is 2. The predicted molar refractivity (Wildman–Crippen MR) is 161 cm³/mol. The van der Waals surface area contributed by atoms with E-state index in [1.807, 2.05) is 34.0 Å². The van der Waals surface area contributed by atoms with Crippen LogP contribution in [0, 0.1) is 37.5 Å². The van der Waals surface area contributed by atoms with Gasteiger partial charge in [-0.15, -0.1) is 0 Å². The zero-order valence-electron chi connectivity index (χ0n) is 24.9. The Bertz CT molecular complexity index is 1420. The Morgan fingerprint density at radius 3 is 2.48 bits per heavy atom. The minimum atomic E-state index is -0.758. The minimum Gasteiger partial charge on any atom is -0.358 e. The highest BCUT2D eigenvalue weighted by molar-refractivity contribution is 7.98. The summed E-state index contributed by atoms with van der Waals surface area (Å²) in [6.07, 6.45) is 7.78. The van der Waals surface area contributed by atoms with Gasteiger partial charge in [0.25, 0.3) is 5.91 Å². The number of rotatable bonds is 14. The smallest absolute Gasteiger partial charge is 0.270 e. The number of hydrogen-bond donors (Lipinski definition) is 2. The molecule has 3 aromatic heterocycles. The van der Waals surface area contributed by atoms with E-state index in [0.29, 0.717) is 41.0 Å². The summed E-state index contributed by atoms with van der Waals surface area (Å²) in [7, 11) is 0. The number of anilines is 1. The van der Waals surface area contributed by atoms with Crippen molar-refractivity contribution in [3.05, 3.63) is 47.4 Å². The molecule has 10 nitrogen and oxygen atoms in total. The van der Waals surface area contributed by atoms with Crippen LogP contribution in [0.3, 0.4) is 0 Å². The summed E-state index contributed by atoms with van der Waals surface area (Å²) in [5.41, 5.74) is 2.80. The summed E-state index contributed by atoms with van der Waals surface area (Å²) >= 11 is 1.70. The van der Waals surface area contributed by atoms with Gasteiger partial charge < -0.3 is 15.4 Å². The number of carbonyl (C=O) groups excluding carboxylic acids is 2. The number of carbonyl (C=O) groups is 2. The minimum absolute atomic E-state index is 0.00607. The zero-order valence-corrected chi connectivity index (χ0v) is 25.7. The van der Waals surface area contributed by atoms with Crippen molar-refractivity contribution in [2.24, 2.45) is 17.8 Å². The van der Waals surface area contributed by atoms with Gasteiger partial charge in [-0.05, 0) is 95.6 Å². The van der Waals surface area contributed by atoms with Crippen molar-refractivity contribution < 1.29 is 18.7 Å². The molecule has 12 heteroatoms. The molecule has 226 valence electrons. The number of nitrogens with one attached hydrogen (secondary N) is 2. The van der Waals surface area contributed by atoms with Crippen LogP contribution in [0.4, 0.5) is 10.2 Å². The molecule has 3 aromatic rings. The Balaban J connectivity index is 1.34. The fraction of sp³-hybridized carbons (Fsp3) is 0.567. The maximum absolute atomic E-state index is 15.4. The summed E-state index contributed by atoms with van der Waals surface area (Å²) in [6.45, 7) is 8.48. The van der Waals surface area contributed by atoms with Crippen molar-refractivity contribution in [1.82, 2.24) is 29.9 Å². The first-order chi connectivity index (χ1) is 20.2. The van der Waals surface area contributed by atoms with Gasteiger partial charge in [0.1, 0.15) is 24.3 Å². The number of pyridine rings is 1. The molecule has 0 aliphatic heterocycles. The molecule has 3 heterocycles. The first-order valence-electron chi connectivity index (χ1n) is 14.6. The standard InChI is InChI=1S/C30H40FN7O3S/c1-17(2)38-23(12-13-32-38)29(39)35-27(26(20-6-7-20)21-8-9-21)30(40)34-24-11-10-22(28(31)33-24)25-18(3)36-37(19(25)4)16-41-14-15-42-5/h10-13,17,20-21,26-27H,6-9,14-16H2,1-5H3,(H,35,39)(H,33,34,40)/t27-/m0/s1. The van der Waals surface area contributed by atoms with E-state index in [1.165, 1.54) is 0 Å². The quantitative estimate of drug-likeness (QED) is 0.199. The van der Waals surface area contributed by atoms with Gasteiger partial charge in [0, 0.05) is 34.8 Å². The van der Waals surface area contributed by atoms with Crippen LogP contribution in [0.1, 0.15) is 67.4 Å². The molecule has 1 atom stereocenters. The fourth-order valence-corrected chi connectivity index (χ4v) is 6.03. The van der Waals surface area contributed by atoms with Gasteiger partial charge in [-0.3, -0.25) is 14.3 Å². The van der Waals surface area contributed by atoms with Crippen LogP contribution in [0.2, 0.25) is 0 Å². The summed E-state index contributed by atoms with van der Waals surface area (Å²) in [4.78, 5) is 31.2. The SMILES string of the molecule is CSCCOCn1nc(C)c(-c2ccc(NC(=O)[C@@H](NC(=O)c3ccnn3C(C)C)C(C3CC3)C3CC3)nc2F)c1C. The predicted octanol–water partition coefficient (Wildman–Crippen LogP) is 4.99. The van der Waals surface area contributed by atoms with E-state index >= 15 is 4.39 Å². The van der Waals surface area contributed by atoms with Gasteiger partial charge in [-0.25, -0.2) is 9.67 Å². The van der Waals surface area contributed by atoms with Crippen molar-refractivity contribution in [2.45, 2.75) is 72.2 Å². The van der Waals surface area contributed by atoms with Crippen LogP contribution < -0.4 is 10.6 Å². The third kappa shape index (κ3) is 6.70. The van der Waals surface area contributed by atoms with E-state index in [9.17, 15) is 9.59 Å². The molecule has 2 saturated carbocycles. The van der Waals surface area contributed by atoms with E-state index in [4.69, 9.17) is 4.74 Å². The van der Waals surface area contributed by atoms with Crippen LogP contribution in [0.5, 0.6) is 0 Å². The van der Waals surface area contributed by atoms with E-state index in [1.54, 1.807) is 45.5 Å². The molecule has 0 bridgehead atoms. The molecule has 0 radical (unpaired) electrons. The largest absolute Gasteiger partial charge is 0.358 e. The monoisotopic (exact) mass is 597 g/mol. The lowest BCUT2D eigenvalue weighted by Gasteiger charge is -2.27. The van der Waals surface area contributed by atoms with Gasteiger partial charge >= 0.3 is 0 Å². The molecule has 2 aliphatic carbocycles. The number of aromatic nitrogens is 5. The lowest BCUT2D eigenvalue weighted by atomic mass is 9.88. The highest BCUT2D eigenvalue weighted by Crippen LogP contribution is 2.51. The summed E-state index contributed by atoms with van der Waals surface area (Å²) < 4.78 is 24.5. The van der Waals surface area contributed by atoms with Gasteiger partial charge in [-0.1, -0.05) is 0 Å². The average Bonchev–Trinajstić information content (AvgIpc) is 3.89. The van der Waals surface area contributed by atoms with Crippen LogP contribution in [-0.4, -0.2) is 61.0 Å². The molecule has 5 rings (SSSR count). The van der Waals surface area contributed by atoms with Gasteiger partial charge in [0.15, 0.2) is 0 Å². The molecule has 2 fully saturated rings. The molecular weight excluding hydrogens is 557 g/mol. The van der Waals surface area contributed by atoms with Gasteiger partial charge in [0.05, 0.1) is 12.3 Å². The Labute approximate surface area is 250 Å². The Hall–Kier alpha value is -3.25. The van der Waals surface area contributed by atoms with Crippen molar-refractivity contribution in [3.63, 3.8) is 0 Å². The number of hydrogen-bond acceptors (Lipinski definition) is 7. The Kier molecular flexibility index (Phi) is 9.32. The molecule has 2 N–H and O–H groups in total. The number of thioether (sulfide) groups is 1. The summed E-state index contributed by atoms with van der Waals surface area (Å²) in [5.74, 6) is 0.360. The second kappa shape index (κ2) is 12.9. The summed E-state index contributed by atoms with van der Waals surface area (Å²) in [5, 5.41) is 14.6. The normalized spacial score (nSPS) is 15.8.